The molecule has 3 aromatic rings. The Morgan fingerprint density at radius 1 is 1.10 bits per heavy atom. The molecule has 152 valence electrons. The molecule has 2 aromatic heterocycles. The third kappa shape index (κ3) is 4.93. The molecule has 4 N–H and O–H groups in total. The van der Waals surface area contributed by atoms with E-state index in [0.29, 0.717) is 12.4 Å². The number of nitrogen functional groups attached to an aromatic ring is 1. The zero-order valence-electron chi connectivity index (χ0n) is 16.4. The van der Waals surface area contributed by atoms with E-state index in [2.05, 4.69) is 26.3 Å². The highest BCUT2D eigenvalue weighted by Gasteiger charge is 2.20. The zero-order valence-corrected chi connectivity index (χ0v) is 16.4. The van der Waals surface area contributed by atoms with Crippen molar-refractivity contribution in [3.05, 3.63) is 54.4 Å². The molecular formula is C22H27N5O2. The van der Waals surface area contributed by atoms with E-state index in [0.717, 1.165) is 60.4 Å². The van der Waals surface area contributed by atoms with Gasteiger partial charge in [0.25, 0.3) is 0 Å². The summed E-state index contributed by atoms with van der Waals surface area (Å²) in [4.78, 5) is 10.8. The summed E-state index contributed by atoms with van der Waals surface area (Å²) < 4.78 is 6.16. The van der Waals surface area contributed by atoms with Crippen molar-refractivity contribution < 1.29 is 9.84 Å². The van der Waals surface area contributed by atoms with Crippen molar-refractivity contribution in [2.45, 2.75) is 25.5 Å². The average Bonchev–Trinajstić information content (AvgIpc) is 2.74. The second kappa shape index (κ2) is 9.07. The van der Waals surface area contributed by atoms with Crippen LogP contribution in [0.5, 0.6) is 5.75 Å². The summed E-state index contributed by atoms with van der Waals surface area (Å²) in [5, 5.41) is 14.5. The topological polar surface area (TPSA) is 96.5 Å². The van der Waals surface area contributed by atoms with E-state index in [1.54, 1.807) is 12.4 Å². The van der Waals surface area contributed by atoms with Gasteiger partial charge in [0.2, 0.25) is 0 Å². The molecule has 1 fully saturated rings. The fraction of sp³-hybridized carbons (Fsp3) is 0.364. The Morgan fingerprint density at radius 3 is 2.76 bits per heavy atom. The molecule has 1 aromatic carbocycles. The van der Waals surface area contributed by atoms with Crippen LogP contribution >= 0.6 is 0 Å². The number of hydrogen-bond donors (Lipinski definition) is 3. The summed E-state index contributed by atoms with van der Waals surface area (Å²) in [5.74, 6) is 2.17. The molecule has 0 atom stereocenters. The number of aliphatic hydroxyl groups excluding tert-OH is 1. The number of nitrogens with zero attached hydrogens (tertiary/aromatic N) is 3. The SMILES string of the molecule is Nc1nccc2cc(CNc3cc(OC4CCN(CCO)CC4)ccn3)ccc12. The number of nitrogens with one attached hydrogen (secondary N) is 1. The molecule has 0 spiro atoms. The highest BCUT2D eigenvalue weighted by Crippen LogP contribution is 2.23. The van der Waals surface area contributed by atoms with Crippen molar-refractivity contribution in [1.29, 1.82) is 0 Å². The van der Waals surface area contributed by atoms with Crippen molar-refractivity contribution in [2.24, 2.45) is 0 Å². The first kappa shape index (κ1) is 19.4. The quantitative estimate of drug-likeness (QED) is 0.568. The number of pyridine rings is 2. The summed E-state index contributed by atoms with van der Waals surface area (Å²) in [5.41, 5.74) is 7.07. The third-order valence-electron chi connectivity index (χ3n) is 5.32. The third-order valence-corrected chi connectivity index (χ3v) is 5.32. The van der Waals surface area contributed by atoms with Crippen LogP contribution < -0.4 is 15.8 Å². The van der Waals surface area contributed by atoms with E-state index in [4.69, 9.17) is 15.6 Å². The molecule has 1 aliphatic heterocycles. The van der Waals surface area contributed by atoms with Crippen LogP contribution in [0.2, 0.25) is 0 Å². The molecule has 0 saturated carbocycles. The van der Waals surface area contributed by atoms with Crippen LogP contribution in [0.15, 0.2) is 48.8 Å². The maximum atomic E-state index is 9.05. The number of likely N-dealkylation sites (tertiary alicyclic amines) is 1. The zero-order chi connectivity index (χ0) is 20.1. The number of nitrogens with two attached hydrogens (primary N) is 1. The minimum atomic E-state index is 0.208. The van der Waals surface area contributed by atoms with Crippen molar-refractivity contribution in [1.82, 2.24) is 14.9 Å². The van der Waals surface area contributed by atoms with Gasteiger partial charge in [-0.1, -0.05) is 12.1 Å². The van der Waals surface area contributed by atoms with Gasteiger partial charge >= 0.3 is 0 Å². The van der Waals surface area contributed by atoms with E-state index in [1.807, 2.05) is 30.3 Å². The second-order valence-corrected chi connectivity index (χ2v) is 7.36. The average molecular weight is 393 g/mol. The fourth-order valence-corrected chi connectivity index (χ4v) is 3.72. The molecule has 0 amide bonds. The minimum absolute atomic E-state index is 0.208. The summed E-state index contributed by atoms with van der Waals surface area (Å²) in [6, 6.07) is 12.0. The Kier molecular flexibility index (Phi) is 6.07. The number of aromatic nitrogens is 2. The van der Waals surface area contributed by atoms with Crippen molar-refractivity contribution in [3.63, 3.8) is 0 Å². The normalized spacial score (nSPS) is 15.5. The first-order chi connectivity index (χ1) is 14.2. The lowest BCUT2D eigenvalue weighted by molar-refractivity contribution is 0.0889. The number of piperidine rings is 1. The number of fused-ring (bicyclic) bond motifs is 1. The number of benzene rings is 1. The number of rotatable bonds is 7. The van der Waals surface area contributed by atoms with E-state index >= 15 is 0 Å². The molecule has 7 nitrogen and oxygen atoms in total. The van der Waals surface area contributed by atoms with E-state index in [-0.39, 0.29) is 12.7 Å². The van der Waals surface area contributed by atoms with Gasteiger partial charge < -0.3 is 25.8 Å². The van der Waals surface area contributed by atoms with Crippen molar-refractivity contribution >= 4 is 22.4 Å². The van der Waals surface area contributed by atoms with Gasteiger partial charge in [0.15, 0.2) is 0 Å². The molecule has 0 radical (unpaired) electrons. The van der Waals surface area contributed by atoms with E-state index in [9.17, 15) is 0 Å². The van der Waals surface area contributed by atoms with Crippen LogP contribution in [-0.2, 0) is 6.54 Å². The Bertz CT molecular complexity index is 957. The van der Waals surface area contributed by atoms with Crippen LogP contribution in [0.4, 0.5) is 11.6 Å². The molecule has 1 aliphatic rings. The highest BCUT2D eigenvalue weighted by atomic mass is 16.5. The fourth-order valence-electron chi connectivity index (χ4n) is 3.72. The Hall–Kier alpha value is -2.90. The molecule has 0 bridgehead atoms. The summed E-state index contributed by atoms with van der Waals surface area (Å²) in [6.45, 7) is 3.54. The van der Waals surface area contributed by atoms with Crippen molar-refractivity contribution in [2.75, 3.05) is 37.3 Å². The predicted octanol–water partition coefficient (Wildman–Crippen LogP) is 2.66. The maximum Gasteiger partial charge on any atom is 0.131 e. The van der Waals surface area contributed by atoms with Gasteiger partial charge in [0.1, 0.15) is 23.5 Å². The van der Waals surface area contributed by atoms with Crippen LogP contribution in [0.3, 0.4) is 0 Å². The Balaban J connectivity index is 1.34. The van der Waals surface area contributed by atoms with Gasteiger partial charge in [0, 0.05) is 50.0 Å². The molecule has 4 rings (SSSR count). The predicted molar refractivity (Wildman–Crippen MR) is 115 cm³/mol. The van der Waals surface area contributed by atoms with E-state index in [1.165, 1.54) is 0 Å². The van der Waals surface area contributed by atoms with Crippen LogP contribution in [0.25, 0.3) is 10.8 Å². The summed E-state index contributed by atoms with van der Waals surface area (Å²) >= 11 is 0. The van der Waals surface area contributed by atoms with Gasteiger partial charge in [0.05, 0.1) is 6.61 Å². The second-order valence-electron chi connectivity index (χ2n) is 7.36. The van der Waals surface area contributed by atoms with Gasteiger partial charge in [-0.2, -0.15) is 0 Å². The van der Waals surface area contributed by atoms with Crippen LogP contribution in [0, 0.1) is 0 Å². The lowest BCUT2D eigenvalue weighted by atomic mass is 10.1. The highest BCUT2D eigenvalue weighted by molar-refractivity contribution is 5.91. The number of hydrogen-bond acceptors (Lipinski definition) is 7. The minimum Gasteiger partial charge on any atom is -0.490 e. The first-order valence-electron chi connectivity index (χ1n) is 10.0. The largest absolute Gasteiger partial charge is 0.490 e. The lowest BCUT2D eigenvalue weighted by Crippen LogP contribution is -2.39. The van der Waals surface area contributed by atoms with Gasteiger partial charge in [-0.3, -0.25) is 0 Å². The molecule has 7 heteroatoms. The molecule has 1 saturated heterocycles. The monoisotopic (exact) mass is 393 g/mol. The lowest BCUT2D eigenvalue weighted by Gasteiger charge is -2.31. The van der Waals surface area contributed by atoms with Gasteiger partial charge in [-0.15, -0.1) is 0 Å². The first-order valence-corrected chi connectivity index (χ1v) is 10.0. The molecule has 0 unspecified atom stereocenters. The van der Waals surface area contributed by atoms with Gasteiger partial charge in [-0.05, 0) is 42.0 Å². The Morgan fingerprint density at radius 2 is 1.93 bits per heavy atom. The smallest absolute Gasteiger partial charge is 0.131 e. The molecule has 29 heavy (non-hydrogen) atoms. The summed E-state index contributed by atoms with van der Waals surface area (Å²) in [6.07, 6.45) is 5.65. The van der Waals surface area contributed by atoms with Gasteiger partial charge in [-0.25, -0.2) is 9.97 Å². The molecule has 3 heterocycles. The molecular weight excluding hydrogens is 366 g/mol. The molecule has 0 aliphatic carbocycles. The van der Waals surface area contributed by atoms with E-state index < -0.39 is 0 Å². The van der Waals surface area contributed by atoms with Crippen LogP contribution in [-0.4, -0.2) is 52.3 Å². The number of ether oxygens (including phenoxy) is 1. The summed E-state index contributed by atoms with van der Waals surface area (Å²) in [7, 11) is 0. The number of aliphatic hydroxyl groups is 1. The standard InChI is InChI=1S/C22H27N5O2/c23-22-20-2-1-16(13-17(20)3-7-25-22)15-26-21-14-19(4-8-24-21)29-18-5-9-27(10-6-18)11-12-28/h1-4,7-8,13-14,18,28H,5-6,9-12,15H2,(H2,23,25)(H,24,26). The number of β-amino-alcohol motifs (C(OH)–C–C–N with tert-alkyl or cyclic N) is 1. The Labute approximate surface area is 170 Å². The number of anilines is 2. The van der Waals surface area contributed by atoms with Crippen molar-refractivity contribution in [3.8, 4) is 5.75 Å². The van der Waals surface area contributed by atoms with Crippen LogP contribution in [0.1, 0.15) is 18.4 Å². The maximum absolute atomic E-state index is 9.05.